The minimum absolute atomic E-state index is 0.00858. The third-order valence-electron chi connectivity index (χ3n) is 3.21. The van der Waals surface area contributed by atoms with Gasteiger partial charge in [-0.25, -0.2) is 0 Å². The van der Waals surface area contributed by atoms with Gasteiger partial charge in [0.1, 0.15) is 0 Å². The van der Waals surface area contributed by atoms with Crippen molar-refractivity contribution in [2.45, 2.75) is 58.9 Å². The number of anilines is 2. The summed E-state index contributed by atoms with van der Waals surface area (Å²) in [5.41, 5.74) is 1.66. The number of carbonyl (C=O) groups excluding carboxylic acids is 1. The van der Waals surface area contributed by atoms with E-state index in [-0.39, 0.29) is 5.91 Å². The summed E-state index contributed by atoms with van der Waals surface area (Å²) in [7, 11) is 0. The van der Waals surface area contributed by atoms with Crippen molar-refractivity contribution in [2.75, 3.05) is 10.6 Å². The lowest BCUT2D eigenvalue weighted by atomic mass is 10.1. The predicted octanol–water partition coefficient (Wildman–Crippen LogP) is 5.07. The number of unbranched alkanes of at least 4 members (excludes halogenated alkanes) is 2. The summed E-state index contributed by atoms with van der Waals surface area (Å²) in [4.78, 5) is 11.4. The van der Waals surface area contributed by atoms with Gasteiger partial charge in [-0.2, -0.15) is 0 Å². The van der Waals surface area contributed by atoms with Crippen molar-refractivity contribution in [1.82, 2.24) is 0 Å². The van der Waals surface area contributed by atoms with Crippen LogP contribution in [0, 0.1) is 0 Å². The third-order valence-corrected chi connectivity index (χ3v) is 3.54. The Kier molecular flexibility index (Phi) is 7.45. The average Bonchev–Trinajstić information content (AvgIpc) is 2.42. The molecule has 112 valence electrons. The fourth-order valence-electron chi connectivity index (χ4n) is 2.00. The number of hydrogen-bond donors (Lipinski definition) is 2. The van der Waals surface area contributed by atoms with Gasteiger partial charge in [-0.3, -0.25) is 4.79 Å². The molecule has 20 heavy (non-hydrogen) atoms. The lowest BCUT2D eigenvalue weighted by Gasteiger charge is -2.17. The van der Waals surface area contributed by atoms with Crippen molar-refractivity contribution in [3.63, 3.8) is 0 Å². The van der Waals surface area contributed by atoms with Crippen molar-refractivity contribution in [1.29, 1.82) is 0 Å². The fraction of sp³-hybridized carbons (Fsp3) is 0.562. The van der Waals surface area contributed by atoms with Crippen molar-refractivity contribution in [3.05, 3.63) is 23.2 Å². The van der Waals surface area contributed by atoms with E-state index in [1.807, 2.05) is 25.1 Å². The Bertz CT molecular complexity index is 434. The van der Waals surface area contributed by atoms with E-state index in [1.54, 1.807) is 0 Å². The van der Waals surface area contributed by atoms with Crippen LogP contribution in [0.2, 0.25) is 5.02 Å². The average molecular weight is 297 g/mol. The predicted molar refractivity (Wildman–Crippen MR) is 87.6 cm³/mol. The molecule has 1 amide bonds. The summed E-state index contributed by atoms with van der Waals surface area (Å²) in [5.74, 6) is 0.00858. The van der Waals surface area contributed by atoms with Gasteiger partial charge in [0.25, 0.3) is 0 Å². The molecule has 0 bridgehead atoms. The van der Waals surface area contributed by atoms with Crippen molar-refractivity contribution in [3.8, 4) is 0 Å². The van der Waals surface area contributed by atoms with Gasteiger partial charge in [-0.15, -0.1) is 0 Å². The fourth-order valence-corrected chi connectivity index (χ4v) is 2.17. The first-order chi connectivity index (χ1) is 9.56. The van der Waals surface area contributed by atoms with E-state index >= 15 is 0 Å². The molecule has 4 heteroatoms. The van der Waals surface area contributed by atoms with Crippen molar-refractivity contribution in [2.24, 2.45) is 0 Å². The van der Waals surface area contributed by atoms with E-state index in [1.165, 1.54) is 19.3 Å². The lowest BCUT2D eigenvalue weighted by molar-refractivity contribution is -0.115. The van der Waals surface area contributed by atoms with Crippen LogP contribution in [0.5, 0.6) is 0 Å². The molecule has 1 unspecified atom stereocenters. The van der Waals surface area contributed by atoms with Gasteiger partial charge in [-0.05, 0) is 31.5 Å². The maximum Gasteiger partial charge on any atom is 0.224 e. The summed E-state index contributed by atoms with van der Waals surface area (Å²) in [6, 6.07) is 5.90. The second kappa shape index (κ2) is 8.85. The van der Waals surface area contributed by atoms with Crippen LogP contribution in [0.3, 0.4) is 0 Å². The molecule has 0 fully saturated rings. The number of rotatable bonds is 8. The Morgan fingerprint density at radius 3 is 2.70 bits per heavy atom. The number of amides is 1. The van der Waals surface area contributed by atoms with Crippen LogP contribution in [0.4, 0.5) is 11.4 Å². The quantitative estimate of drug-likeness (QED) is 0.658. The topological polar surface area (TPSA) is 41.1 Å². The Morgan fingerprint density at radius 2 is 2.05 bits per heavy atom. The zero-order valence-electron chi connectivity index (χ0n) is 12.6. The summed E-state index contributed by atoms with van der Waals surface area (Å²) in [6.07, 6.45) is 5.29. The van der Waals surface area contributed by atoms with E-state index < -0.39 is 0 Å². The molecule has 0 aliphatic carbocycles. The Balaban J connectivity index is 2.63. The number of hydrogen-bond acceptors (Lipinski definition) is 2. The maximum atomic E-state index is 11.4. The first-order valence-corrected chi connectivity index (χ1v) is 7.80. The highest BCUT2D eigenvalue weighted by molar-refractivity contribution is 6.33. The Morgan fingerprint density at radius 1 is 1.30 bits per heavy atom. The van der Waals surface area contributed by atoms with E-state index in [4.69, 9.17) is 11.6 Å². The molecule has 0 radical (unpaired) electrons. The molecular formula is C16H25ClN2O. The molecular weight excluding hydrogens is 272 g/mol. The van der Waals surface area contributed by atoms with Gasteiger partial charge in [0, 0.05) is 18.2 Å². The zero-order valence-corrected chi connectivity index (χ0v) is 13.4. The Hall–Kier alpha value is -1.22. The monoisotopic (exact) mass is 296 g/mol. The molecule has 0 saturated carbocycles. The van der Waals surface area contributed by atoms with Gasteiger partial charge in [0.15, 0.2) is 0 Å². The second-order valence-corrected chi connectivity index (χ2v) is 5.54. The molecule has 0 saturated heterocycles. The zero-order chi connectivity index (χ0) is 15.0. The van der Waals surface area contributed by atoms with Gasteiger partial charge in [-0.1, -0.05) is 44.7 Å². The van der Waals surface area contributed by atoms with E-state index in [9.17, 15) is 4.79 Å². The number of benzene rings is 1. The third kappa shape index (κ3) is 5.83. The molecule has 1 aromatic rings. The van der Waals surface area contributed by atoms with Gasteiger partial charge >= 0.3 is 0 Å². The van der Waals surface area contributed by atoms with Crippen LogP contribution in [0.1, 0.15) is 52.9 Å². The number of nitrogens with one attached hydrogen (secondary N) is 2. The summed E-state index contributed by atoms with van der Waals surface area (Å²) >= 11 is 6.20. The minimum atomic E-state index is 0.00858. The molecule has 0 spiro atoms. The molecule has 1 atom stereocenters. The van der Waals surface area contributed by atoms with Gasteiger partial charge in [0.05, 0.1) is 10.7 Å². The smallest absolute Gasteiger partial charge is 0.224 e. The normalized spacial score (nSPS) is 12.0. The Labute approximate surface area is 127 Å². The standard InChI is InChI=1S/C16H25ClN2O/c1-4-6-7-8-12(3)18-15-11-13(9-10-14(15)17)19-16(20)5-2/h9-12,18H,4-8H2,1-3H3,(H,19,20). The van der Waals surface area contributed by atoms with E-state index in [2.05, 4.69) is 24.5 Å². The molecule has 0 aromatic heterocycles. The second-order valence-electron chi connectivity index (χ2n) is 5.14. The molecule has 1 rings (SSSR count). The van der Waals surface area contributed by atoms with Crippen LogP contribution in [0.15, 0.2) is 18.2 Å². The van der Waals surface area contributed by atoms with E-state index in [0.29, 0.717) is 17.5 Å². The van der Waals surface area contributed by atoms with Crippen LogP contribution in [-0.4, -0.2) is 11.9 Å². The molecule has 0 aliphatic heterocycles. The first kappa shape index (κ1) is 16.8. The van der Waals surface area contributed by atoms with Crippen LogP contribution >= 0.6 is 11.6 Å². The van der Waals surface area contributed by atoms with Crippen molar-refractivity contribution >= 4 is 28.9 Å². The van der Waals surface area contributed by atoms with Gasteiger partial charge < -0.3 is 10.6 Å². The highest BCUT2D eigenvalue weighted by Gasteiger charge is 2.07. The highest BCUT2D eigenvalue weighted by atomic mass is 35.5. The molecule has 0 heterocycles. The van der Waals surface area contributed by atoms with Crippen molar-refractivity contribution < 1.29 is 4.79 Å². The molecule has 2 N–H and O–H groups in total. The summed E-state index contributed by atoms with van der Waals surface area (Å²) < 4.78 is 0. The summed E-state index contributed by atoms with van der Waals surface area (Å²) in [6.45, 7) is 6.19. The van der Waals surface area contributed by atoms with Gasteiger partial charge in [0.2, 0.25) is 5.91 Å². The number of carbonyl (C=O) groups is 1. The minimum Gasteiger partial charge on any atom is -0.381 e. The molecule has 1 aromatic carbocycles. The van der Waals surface area contributed by atoms with Crippen LogP contribution in [0.25, 0.3) is 0 Å². The SMILES string of the molecule is CCCCCC(C)Nc1cc(NC(=O)CC)ccc1Cl. The largest absolute Gasteiger partial charge is 0.381 e. The van der Waals surface area contributed by atoms with Crippen LogP contribution in [-0.2, 0) is 4.79 Å². The molecule has 0 aliphatic rings. The highest BCUT2D eigenvalue weighted by Crippen LogP contribution is 2.27. The van der Waals surface area contributed by atoms with Crippen LogP contribution < -0.4 is 10.6 Å². The lowest BCUT2D eigenvalue weighted by Crippen LogP contribution is -2.16. The van der Waals surface area contributed by atoms with E-state index in [0.717, 1.165) is 17.8 Å². The molecule has 3 nitrogen and oxygen atoms in total. The first-order valence-electron chi connectivity index (χ1n) is 7.42. The summed E-state index contributed by atoms with van der Waals surface area (Å²) in [5, 5.41) is 6.95. The maximum absolute atomic E-state index is 11.4. The number of halogens is 1.